The van der Waals surface area contributed by atoms with E-state index in [1.54, 1.807) is 0 Å². The molecule has 0 aromatic rings. The molecule has 12 heavy (non-hydrogen) atoms. The van der Waals surface area contributed by atoms with Crippen molar-refractivity contribution in [2.75, 3.05) is 6.61 Å². The third-order valence-electron chi connectivity index (χ3n) is 1.83. The lowest BCUT2D eigenvalue weighted by atomic mass is 10.1. The summed E-state index contributed by atoms with van der Waals surface area (Å²) in [5.41, 5.74) is 0. The highest BCUT2D eigenvalue weighted by Crippen LogP contribution is 2.13. The maximum Gasteiger partial charge on any atom is 0.508 e. The molecule has 0 aromatic carbocycles. The van der Waals surface area contributed by atoms with Crippen molar-refractivity contribution in [2.24, 2.45) is 0 Å². The Morgan fingerprint density at radius 1 is 1.58 bits per heavy atom. The molecule has 3 heteroatoms. The van der Waals surface area contributed by atoms with Crippen LogP contribution >= 0.6 is 0 Å². The lowest BCUT2D eigenvalue weighted by Crippen LogP contribution is -2.08. The molecule has 0 saturated carbocycles. The maximum absolute atomic E-state index is 10.5. The number of hydrogen-bond donors (Lipinski definition) is 0. The van der Waals surface area contributed by atoms with Gasteiger partial charge in [0.25, 0.3) is 0 Å². The van der Waals surface area contributed by atoms with Crippen molar-refractivity contribution >= 4 is 6.16 Å². The van der Waals surface area contributed by atoms with Gasteiger partial charge in [0.1, 0.15) is 12.7 Å². The Hall–Kier alpha value is -0.990. The molecular formula is C9H14O3. The first-order valence-electron chi connectivity index (χ1n) is 4.27. The van der Waals surface area contributed by atoms with E-state index in [0.29, 0.717) is 6.61 Å². The predicted molar refractivity (Wildman–Crippen MR) is 44.9 cm³/mol. The summed E-state index contributed by atoms with van der Waals surface area (Å²) >= 11 is 0. The summed E-state index contributed by atoms with van der Waals surface area (Å²) in [7, 11) is 0. The molecule has 0 radical (unpaired) electrons. The summed E-state index contributed by atoms with van der Waals surface area (Å²) < 4.78 is 9.50. The molecule has 0 bridgehead atoms. The van der Waals surface area contributed by atoms with E-state index >= 15 is 0 Å². The molecular weight excluding hydrogens is 156 g/mol. The quantitative estimate of drug-likeness (QED) is 0.360. The Labute approximate surface area is 72.4 Å². The average Bonchev–Trinajstić information content (AvgIpc) is 2.45. The summed E-state index contributed by atoms with van der Waals surface area (Å²) in [5, 5.41) is 0. The van der Waals surface area contributed by atoms with Crippen LogP contribution in [-0.2, 0) is 9.47 Å². The molecule has 0 amide bonds. The number of carbonyl (C=O) groups excluding carboxylic acids is 1. The van der Waals surface area contributed by atoms with Gasteiger partial charge in [0.15, 0.2) is 0 Å². The minimum absolute atomic E-state index is 0.0117. The SMILES string of the molecule is C=CCCCCC1COC(=O)O1. The van der Waals surface area contributed by atoms with Crippen molar-refractivity contribution in [1.29, 1.82) is 0 Å². The Balaban J connectivity index is 2.00. The molecule has 68 valence electrons. The van der Waals surface area contributed by atoms with Crippen molar-refractivity contribution in [3.05, 3.63) is 12.7 Å². The zero-order chi connectivity index (χ0) is 8.81. The molecule has 0 aliphatic carbocycles. The van der Waals surface area contributed by atoms with Crippen LogP contribution < -0.4 is 0 Å². The molecule has 1 aliphatic rings. The first kappa shape index (κ1) is 9.10. The standard InChI is InChI=1S/C9H14O3/c1-2-3-4-5-6-8-7-11-9(10)12-8/h2,8H,1,3-7H2. The molecule has 1 heterocycles. The van der Waals surface area contributed by atoms with Crippen LogP contribution in [0.15, 0.2) is 12.7 Å². The van der Waals surface area contributed by atoms with Gasteiger partial charge in [0.2, 0.25) is 0 Å². The fraction of sp³-hybridized carbons (Fsp3) is 0.667. The Bertz CT molecular complexity index is 165. The third kappa shape index (κ3) is 2.95. The Kier molecular flexibility index (Phi) is 3.64. The summed E-state index contributed by atoms with van der Waals surface area (Å²) in [6.45, 7) is 4.06. The normalized spacial score (nSPS) is 21.7. The summed E-state index contributed by atoms with van der Waals surface area (Å²) in [6.07, 6.45) is 5.47. The number of carbonyl (C=O) groups is 1. The molecule has 1 saturated heterocycles. The number of ether oxygens (including phenoxy) is 2. The van der Waals surface area contributed by atoms with E-state index in [4.69, 9.17) is 4.74 Å². The smallest absolute Gasteiger partial charge is 0.430 e. The van der Waals surface area contributed by atoms with Gasteiger partial charge in [0, 0.05) is 0 Å². The first-order chi connectivity index (χ1) is 5.83. The van der Waals surface area contributed by atoms with Crippen molar-refractivity contribution in [3.63, 3.8) is 0 Å². The van der Waals surface area contributed by atoms with Crippen LogP contribution in [0.2, 0.25) is 0 Å². The second kappa shape index (κ2) is 4.80. The van der Waals surface area contributed by atoms with Gasteiger partial charge >= 0.3 is 6.16 Å². The largest absolute Gasteiger partial charge is 0.508 e. The lowest BCUT2D eigenvalue weighted by molar-refractivity contribution is 0.115. The summed E-state index contributed by atoms with van der Waals surface area (Å²) in [4.78, 5) is 10.5. The lowest BCUT2D eigenvalue weighted by Gasteiger charge is -2.03. The Morgan fingerprint density at radius 3 is 3.00 bits per heavy atom. The van der Waals surface area contributed by atoms with Crippen LogP contribution in [0, 0.1) is 0 Å². The summed E-state index contributed by atoms with van der Waals surface area (Å²) in [5.74, 6) is 0. The van der Waals surface area contributed by atoms with Crippen molar-refractivity contribution in [2.45, 2.75) is 31.8 Å². The van der Waals surface area contributed by atoms with Crippen LogP contribution in [0.5, 0.6) is 0 Å². The second-order valence-electron chi connectivity index (χ2n) is 2.87. The maximum atomic E-state index is 10.5. The van der Waals surface area contributed by atoms with Gasteiger partial charge in [0.05, 0.1) is 0 Å². The molecule has 1 fully saturated rings. The predicted octanol–water partition coefficient (Wildman–Crippen LogP) is 2.27. The Morgan fingerprint density at radius 2 is 2.42 bits per heavy atom. The van der Waals surface area contributed by atoms with Gasteiger partial charge in [-0.25, -0.2) is 4.79 Å². The van der Waals surface area contributed by atoms with E-state index < -0.39 is 6.16 Å². The number of allylic oxidation sites excluding steroid dienone is 1. The van der Waals surface area contributed by atoms with Gasteiger partial charge in [-0.2, -0.15) is 0 Å². The number of cyclic esters (lactones) is 2. The summed E-state index contributed by atoms with van der Waals surface area (Å²) in [6, 6.07) is 0. The fourth-order valence-corrected chi connectivity index (χ4v) is 1.17. The molecule has 1 atom stereocenters. The zero-order valence-electron chi connectivity index (χ0n) is 7.12. The molecule has 3 nitrogen and oxygen atoms in total. The topological polar surface area (TPSA) is 35.5 Å². The third-order valence-corrected chi connectivity index (χ3v) is 1.83. The van der Waals surface area contributed by atoms with E-state index in [9.17, 15) is 4.79 Å². The fourth-order valence-electron chi connectivity index (χ4n) is 1.17. The highest BCUT2D eigenvalue weighted by molar-refractivity contribution is 5.61. The highest BCUT2D eigenvalue weighted by atomic mass is 16.8. The first-order valence-corrected chi connectivity index (χ1v) is 4.27. The van der Waals surface area contributed by atoms with Crippen LogP contribution in [0.25, 0.3) is 0 Å². The van der Waals surface area contributed by atoms with Crippen LogP contribution in [-0.4, -0.2) is 18.9 Å². The van der Waals surface area contributed by atoms with E-state index in [0.717, 1.165) is 25.7 Å². The van der Waals surface area contributed by atoms with Gasteiger partial charge in [-0.3, -0.25) is 0 Å². The second-order valence-corrected chi connectivity index (χ2v) is 2.87. The molecule has 0 spiro atoms. The molecule has 1 aliphatic heterocycles. The van der Waals surface area contributed by atoms with Crippen molar-refractivity contribution in [1.82, 2.24) is 0 Å². The monoisotopic (exact) mass is 170 g/mol. The van der Waals surface area contributed by atoms with E-state index in [1.165, 1.54) is 0 Å². The van der Waals surface area contributed by atoms with E-state index in [-0.39, 0.29) is 6.10 Å². The molecule has 0 N–H and O–H groups in total. The van der Waals surface area contributed by atoms with Gasteiger partial charge < -0.3 is 9.47 Å². The van der Waals surface area contributed by atoms with Crippen LogP contribution in [0.4, 0.5) is 4.79 Å². The van der Waals surface area contributed by atoms with Crippen molar-refractivity contribution in [3.8, 4) is 0 Å². The number of hydrogen-bond acceptors (Lipinski definition) is 3. The number of rotatable bonds is 5. The highest BCUT2D eigenvalue weighted by Gasteiger charge is 2.23. The van der Waals surface area contributed by atoms with Gasteiger partial charge in [-0.1, -0.05) is 6.08 Å². The zero-order valence-corrected chi connectivity index (χ0v) is 7.12. The van der Waals surface area contributed by atoms with Crippen LogP contribution in [0.3, 0.4) is 0 Å². The van der Waals surface area contributed by atoms with Crippen molar-refractivity contribution < 1.29 is 14.3 Å². The molecule has 1 unspecified atom stereocenters. The minimum atomic E-state index is -0.524. The van der Waals surface area contributed by atoms with E-state index in [2.05, 4.69) is 11.3 Å². The van der Waals surface area contributed by atoms with E-state index in [1.807, 2.05) is 6.08 Å². The average molecular weight is 170 g/mol. The van der Waals surface area contributed by atoms with Crippen LogP contribution in [0.1, 0.15) is 25.7 Å². The van der Waals surface area contributed by atoms with Gasteiger partial charge in [-0.15, -0.1) is 6.58 Å². The minimum Gasteiger partial charge on any atom is -0.430 e. The molecule has 1 rings (SSSR count). The molecule has 0 aromatic heterocycles. The van der Waals surface area contributed by atoms with Gasteiger partial charge in [-0.05, 0) is 25.7 Å². The number of unbranched alkanes of at least 4 members (excludes halogenated alkanes) is 2.